The van der Waals surface area contributed by atoms with Crippen LogP contribution in [0.1, 0.15) is 5.56 Å². The van der Waals surface area contributed by atoms with Crippen molar-refractivity contribution >= 4 is 44.7 Å². The van der Waals surface area contributed by atoms with Gasteiger partial charge in [0.2, 0.25) is 0 Å². The second-order valence-corrected chi connectivity index (χ2v) is 5.99. The predicted octanol–water partition coefficient (Wildman–Crippen LogP) is 4.95. The fourth-order valence-corrected chi connectivity index (χ4v) is 2.80. The molecule has 1 heterocycles. The van der Waals surface area contributed by atoms with Crippen molar-refractivity contribution in [1.29, 1.82) is 0 Å². The Bertz CT molecular complexity index is 873. The number of benzene rings is 2. The van der Waals surface area contributed by atoms with Crippen LogP contribution in [0.3, 0.4) is 0 Å². The normalized spacial score (nSPS) is 11.0. The molecule has 2 aromatic carbocycles. The van der Waals surface area contributed by atoms with Crippen molar-refractivity contribution in [2.45, 2.75) is 6.92 Å². The van der Waals surface area contributed by atoms with Gasteiger partial charge in [-0.3, -0.25) is 0 Å². The minimum atomic E-state index is -1.09. The zero-order valence-corrected chi connectivity index (χ0v) is 13.3. The Morgan fingerprint density at radius 1 is 1.29 bits per heavy atom. The number of fused-ring (bicyclic) bond motifs is 1. The molecule has 3 rings (SSSR count). The van der Waals surface area contributed by atoms with E-state index in [9.17, 15) is 9.90 Å². The molecule has 1 aromatic heterocycles. The largest absolute Gasteiger partial charge is 0.464 e. The molecule has 0 unspecified atom stereocenters. The molecule has 0 spiro atoms. The number of hydrogen-bond donors (Lipinski definition) is 1. The molecule has 106 valence electrons. The lowest BCUT2D eigenvalue weighted by atomic mass is 10.2. The van der Waals surface area contributed by atoms with Gasteiger partial charge in [0.25, 0.3) is 0 Å². The number of hydrogen-bond acceptors (Lipinski definition) is 2. The quantitative estimate of drug-likeness (QED) is 0.663. The molecular weight excluding hydrogens is 356 g/mol. The lowest BCUT2D eigenvalue weighted by molar-refractivity contribution is 0.197. The molecule has 0 aliphatic carbocycles. The average molecular weight is 366 g/mol. The first kappa shape index (κ1) is 14.1. The zero-order valence-electron chi connectivity index (χ0n) is 11.0. The summed E-state index contributed by atoms with van der Waals surface area (Å²) in [5.41, 5.74) is 2.76. The monoisotopic (exact) mass is 364 g/mol. The van der Waals surface area contributed by atoms with Crippen molar-refractivity contribution in [3.63, 3.8) is 0 Å². The van der Waals surface area contributed by atoms with Gasteiger partial charge in [0, 0.05) is 10.0 Å². The highest BCUT2D eigenvalue weighted by molar-refractivity contribution is 9.10. The molecule has 0 bridgehead atoms. The Kier molecular flexibility index (Phi) is 3.47. The number of carbonyl (C=O) groups is 1. The third kappa shape index (κ3) is 2.43. The summed E-state index contributed by atoms with van der Waals surface area (Å²) in [7, 11) is 0. The molecule has 0 amide bonds. The maximum Gasteiger partial charge on any atom is 0.417 e. The van der Waals surface area contributed by atoms with Crippen LogP contribution in [0.25, 0.3) is 22.4 Å². The lowest BCUT2D eigenvalue weighted by Gasteiger charge is -2.06. The van der Waals surface area contributed by atoms with Gasteiger partial charge in [0.15, 0.2) is 5.82 Å². The van der Waals surface area contributed by atoms with Crippen molar-refractivity contribution in [2.75, 3.05) is 0 Å². The van der Waals surface area contributed by atoms with E-state index in [1.807, 2.05) is 19.1 Å². The number of aromatic nitrogens is 2. The molecule has 0 fully saturated rings. The van der Waals surface area contributed by atoms with E-state index in [0.717, 1.165) is 14.6 Å². The maximum absolute atomic E-state index is 11.6. The SMILES string of the molecule is Cc1ccc2c(c1)nc(-c1cc(Br)ccc1Cl)n2C(=O)O. The Morgan fingerprint density at radius 3 is 2.76 bits per heavy atom. The van der Waals surface area contributed by atoms with Crippen LogP contribution < -0.4 is 0 Å². The first-order valence-electron chi connectivity index (χ1n) is 6.15. The summed E-state index contributed by atoms with van der Waals surface area (Å²) in [6.45, 7) is 1.94. The van der Waals surface area contributed by atoms with E-state index in [4.69, 9.17) is 11.6 Å². The number of imidazole rings is 1. The first-order valence-corrected chi connectivity index (χ1v) is 7.32. The van der Waals surface area contributed by atoms with Crippen LogP contribution in [0.2, 0.25) is 5.02 Å². The first-order chi connectivity index (χ1) is 9.97. The van der Waals surface area contributed by atoms with E-state index in [1.165, 1.54) is 0 Å². The summed E-state index contributed by atoms with van der Waals surface area (Å²) in [5.74, 6) is 0.314. The van der Waals surface area contributed by atoms with Crippen LogP contribution in [0.15, 0.2) is 40.9 Å². The fourth-order valence-electron chi connectivity index (χ4n) is 2.23. The fraction of sp³-hybridized carbons (Fsp3) is 0.0667. The lowest BCUT2D eigenvalue weighted by Crippen LogP contribution is -2.09. The van der Waals surface area contributed by atoms with Crippen LogP contribution in [-0.4, -0.2) is 20.8 Å². The minimum Gasteiger partial charge on any atom is -0.464 e. The molecule has 0 radical (unpaired) electrons. The molecule has 4 nitrogen and oxygen atoms in total. The zero-order chi connectivity index (χ0) is 15.1. The summed E-state index contributed by atoms with van der Waals surface area (Å²) in [6, 6.07) is 10.7. The van der Waals surface area contributed by atoms with Crippen molar-refractivity contribution in [2.24, 2.45) is 0 Å². The molecule has 0 aliphatic rings. The van der Waals surface area contributed by atoms with Gasteiger partial charge >= 0.3 is 6.09 Å². The van der Waals surface area contributed by atoms with E-state index in [-0.39, 0.29) is 0 Å². The third-order valence-electron chi connectivity index (χ3n) is 3.17. The molecule has 1 N–H and O–H groups in total. The van der Waals surface area contributed by atoms with E-state index in [0.29, 0.717) is 27.4 Å². The summed E-state index contributed by atoms with van der Waals surface area (Å²) in [4.78, 5) is 16.1. The number of halogens is 2. The second kappa shape index (κ2) is 5.16. The number of carboxylic acid groups (broad SMARTS) is 1. The Labute approximate surface area is 134 Å². The summed E-state index contributed by atoms with van der Waals surface area (Å²) < 4.78 is 1.96. The van der Waals surface area contributed by atoms with E-state index < -0.39 is 6.09 Å². The molecule has 0 saturated carbocycles. The van der Waals surface area contributed by atoms with Gasteiger partial charge in [-0.15, -0.1) is 0 Å². The molecule has 0 atom stereocenters. The molecule has 6 heteroatoms. The van der Waals surface area contributed by atoms with Crippen LogP contribution in [0, 0.1) is 6.92 Å². The van der Waals surface area contributed by atoms with Gasteiger partial charge < -0.3 is 5.11 Å². The Morgan fingerprint density at radius 2 is 2.05 bits per heavy atom. The van der Waals surface area contributed by atoms with Gasteiger partial charge in [-0.1, -0.05) is 33.6 Å². The average Bonchev–Trinajstić information content (AvgIpc) is 2.79. The van der Waals surface area contributed by atoms with Gasteiger partial charge in [-0.05, 0) is 42.8 Å². The van der Waals surface area contributed by atoms with Crippen molar-refractivity contribution in [3.8, 4) is 11.4 Å². The van der Waals surface area contributed by atoms with E-state index >= 15 is 0 Å². The Hall–Kier alpha value is -1.85. The Balaban J connectivity index is 2.38. The number of rotatable bonds is 1. The number of nitrogens with zero attached hydrogens (tertiary/aromatic N) is 2. The van der Waals surface area contributed by atoms with Crippen molar-refractivity contribution in [3.05, 3.63) is 51.5 Å². The highest BCUT2D eigenvalue weighted by Crippen LogP contribution is 2.32. The molecule has 21 heavy (non-hydrogen) atoms. The topological polar surface area (TPSA) is 55.1 Å². The smallest absolute Gasteiger partial charge is 0.417 e. The van der Waals surface area contributed by atoms with E-state index in [2.05, 4.69) is 20.9 Å². The van der Waals surface area contributed by atoms with Crippen LogP contribution in [-0.2, 0) is 0 Å². The standard InChI is InChI=1S/C15H10BrClN2O2/c1-8-2-5-13-12(6-8)18-14(19(13)15(20)21)10-7-9(16)3-4-11(10)17/h2-7H,1H3,(H,20,21). The number of aryl methyl sites for hydroxylation is 1. The van der Waals surface area contributed by atoms with E-state index in [1.54, 1.807) is 24.3 Å². The van der Waals surface area contributed by atoms with Gasteiger partial charge in [0.1, 0.15) is 0 Å². The van der Waals surface area contributed by atoms with Crippen molar-refractivity contribution < 1.29 is 9.90 Å². The third-order valence-corrected chi connectivity index (χ3v) is 3.99. The summed E-state index contributed by atoms with van der Waals surface area (Å²) in [5, 5.41) is 9.96. The van der Waals surface area contributed by atoms with Gasteiger partial charge in [0.05, 0.1) is 16.1 Å². The van der Waals surface area contributed by atoms with Crippen LogP contribution in [0.4, 0.5) is 4.79 Å². The molecule has 3 aromatic rings. The maximum atomic E-state index is 11.6. The molecular formula is C15H10BrClN2O2. The van der Waals surface area contributed by atoms with Gasteiger partial charge in [-0.25, -0.2) is 14.3 Å². The van der Waals surface area contributed by atoms with Crippen LogP contribution in [0.5, 0.6) is 0 Å². The van der Waals surface area contributed by atoms with Gasteiger partial charge in [-0.2, -0.15) is 0 Å². The van der Waals surface area contributed by atoms with Crippen LogP contribution >= 0.6 is 27.5 Å². The minimum absolute atomic E-state index is 0.314. The molecule has 0 saturated heterocycles. The summed E-state index contributed by atoms with van der Waals surface area (Å²) in [6.07, 6.45) is -1.09. The second-order valence-electron chi connectivity index (χ2n) is 4.67. The molecule has 0 aliphatic heterocycles. The van der Waals surface area contributed by atoms with Crippen molar-refractivity contribution in [1.82, 2.24) is 9.55 Å². The highest BCUT2D eigenvalue weighted by Gasteiger charge is 2.19. The predicted molar refractivity (Wildman–Crippen MR) is 86.0 cm³/mol. The highest BCUT2D eigenvalue weighted by atomic mass is 79.9. The summed E-state index contributed by atoms with van der Waals surface area (Å²) >= 11 is 9.57.